The summed E-state index contributed by atoms with van der Waals surface area (Å²) in [5.41, 5.74) is 0.931. The van der Waals surface area contributed by atoms with Crippen LogP contribution in [0.3, 0.4) is 0 Å². The topological polar surface area (TPSA) is 77.5 Å². The summed E-state index contributed by atoms with van der Waals surface area (Å²) >= 11 is 0. The van der Waals surface area contributed by atoms with Crippen LogP contribution >= 0.6 is 0 Å². The normalized spacial score (nSPS) is 13.0. The molecule has 0 saturated heterocycles. The summed E-state index contributed by atoms with van der Waals surface area (Å²) in [7, 11) is -3.73. The number of esters is 1. The first-order chi connectivity index (χ1) is 9.63. The number of benzene rings is 1. The smallest absolute Gasteiger partial charge is 0.303 e. The summed E-state index contributed by atoms with van der Waals surface area (Å²) in [5.74, 6) is -2.17. The van der Waals surface area contributed by atoms with Crippen molar-refractivity contribution >= 4 is 21.6 Å². The van der Waals surface area contributed by atoms with Crippen LogP contribution in [0, 0.1) is 12.8 Å². The molecule has 0 saturated carbocycles. The standard InChI is InChI=1S/C15H20O5S/c1-10(2)15(20-12(4)16)14(17)9-21(18,19)13-7-5-11(3)6-8-13/h5-8,10,15H,9H2,1-4H3/t15-/m0/s1. The second kappa shape index (κ2) is 6.85. The van der Waals surface area contributed by atoms with E-state index in [-0.39, 0.29) is 10.8 Å². The van der Waals surface area contributed by atoms with Gasteiger partial charge in [-0.1, -0.05) is 31.5 Å². The Kier molecular flexibility index (Phi) is 5.66. The monoisotopic (exact) mass is 312 g/mol. The first-order valence-corrected chi connectivity index (χ1v) is 8.28. The number of sulfone groups is 1. The van der Waals surface area contributed by atoms with Gasteiger partial charge in [0.15, 0.2) is 21.7 Å². The van der Waals surface area contributed by atoms with Gasteiger partial charge in [0.05, 0.1) is 4.90 Å². The second-order valence-corrected chi connectivity index (χ2v) is 7.30. The highest BCUT2D eigenvalue weighted by Crippen LogP contribution is 2.15. The van der Waals surface area contributed by atoms with Gasteiger partial charge in [0.1, 0.15) is 5.75 Å². The van der Waals surface area contributed by atoms with E-state index in [1.165, 1.54) is 19.1 Å². The highest BCUT2D eigenvalue weighted by molar-refractivity contribution is 7.92. The van der Waals surface area contributed by atoms with Gasteiger partial charge in [-0.05, 0) is 25.0 Å². The summed E-state index contributed by atoms with van der Waals surface area (Å²) in [5, 5.41) is 0. The number of hydrogen-bond donors (Lipinski definition) is 0. The Morgan fingerprint density at radius 3 is 2.10 bits per heavy atom. The minimum Gasteiger partial charge on any atom is -0.454 e. The predicted molar refractivity (Wildman–Crippen MR) is 78.6 cm³/mol. The fourth-order valence-electron chi connectivity index (χ4n) is 1.85. The summed E-state index contributed by atoms with van der Waals surface area (Å²) in [6.45, 7) is 6.43. The zero-order valence-electron chi connectivity index (χ0n) is 12.6. The van der Waals surface area contributed by atoms with Gasteiger partial charge in [0.25, 0.3) is 0 Å². The molecule has 0 unspecified atom stereocenters. The van der Waals surface area contributed by atoms with Crippen LogP contribution in [-0.4, -0.2) is 32.0 Å². The van der Waals surface area contributed by atoms with Gasteiger partial charge in [0.2, 0.25) is 0 Å². The van der Waals surface area contributed by atoms with Crippen molar-refractivity contribution in [2.24, 2.45) is 5.92 Å². The molecule has 0 spiro atoms. The molecular formula is C15H20O5S. The van der Waals surface area contributed by atoms with Crippen LogP contribution in [-0.2, 0) is 24.2 Å². The zero-order chi connectivity index (χ0) is 16.2. The van der Waals surface area contributed by atoms with Crippen LogP contribution in [0.25, 0.3) is 0 Å². The van der Waals surface area contributed by atoms with E-state index in [0.717, 1.165) is 5.56 Å². The first-order valence-electron chi connectivity index (χ1n) is 6.63. The third-order valence-electron chi connectivity index (χ3n) is 2.93. The lowest BCUT2D eigenvalue weighted by Crippen LogP contribution is -2.35. The van der Waals surface area contributed by atoms with E-state index in [2.05, 4.69) is 0 Å². The van der Waals surface area contributed by atoms with E-state index in [9.17, 15) is 18.0 Å². The number of aryl methyl sites for hydroxylation is 1. The Bertz CT molecular complexity index is 614. The molecular weight excluding hydrogens is 292 g/mol. The Morgan fingerprint density at radius 1 is 1.14 bits per heavy atom. The van der Waals surface area contributed by atoms with Crippen molar-refractivity contribution in [3.05, 3.63) is 29.8 Å². The lowest BCUT2D eigenvalue weighted by molar-refractivity contribution is -0.154. The van der Waals surface area contributed by atoms with Crippen molar-refractivity contribution in [2.75, 3.05) is 5.75 Å². The molecule has 1 aromatic rings. The third kappa shape index (κ3) is 4.97. The van der Waals surface area contributed by atoms with E-state index in [1.54, 1.807) is 26.0 Å². The highest BCUT2D eigenvalue weighted by Gasteiger charge is 2.30. The molecule has 0 heterocycles. The number of rotatable bonds is 6. The lowest BCUT2D eigenvalue weighted by Gasteiger charge is -2.19. The van der Waals surface area contributed by atoms with Crippen LogP contribution in [0.15, 0.2) is 29.2 Å². The van der Waals surface area contributed by atoms with Gasteiger partial charge in [-0.25, -0.2) is 8.42 Å². The largest absolute Gasteiger partial charge is 0.454 e. The van der Waals surface area contributed by atoms with Crippen molar-refractivity contribution in [3.63, 3.8) is 0 Å². The quantitative estimate of drug-likeness (QED) is 0.750. The summed E-state index contributed by atoms with van der Waals surface area (Å²) in [6, 6.07) is 6.27. The molecule has 0 aliphatic rings. The molecule has 0 radical (unpaired) electrons. The first kappa shape index (κ1) is 17.4. The van der Waals surface area contributed by atoms with E-state index in [0.29, 0.717) is 0 Å². The van der Waals surface area contributed by atoms with Crippen molar-refractivity contribution in [2.45, 2.75) is 38.7 Å². The molecule has 0 N–H and O–H groups in total. The van der Waals surface area contributed by atoms with Crippen molar-refractivity contribution < 1.29 is 22.7 Å². The number of ether oxygens (including phenoxy) is 1. The number of ketones is 1. The average molecular weight is 312 g/mol. The maximum atomic E-state index is 12.2. The Labute approximate surface area is 125 Å². The Hall–Kier alpha value is -1.69. The molecule has 5 nitrogen and oxygen atoms in total. The molecule has 0 amide bonds. The number of Topliss-reactive ketones (excluding diaryl/α,β-unsaturated/α-hetero) is 1. The maximum absolute atomic E-state index is 12.2. The lowest BCUT2D eigenvalue weighted by atomic mass is 10.0. The molecule has 21 heavy (non-hydrogen) atoms. The Morgan fingerprint density at radius 2 is 1.67 bits per heavy atom. The highest BCUT2D eigenvalue weighted by atomic mass is 32.2. The maximum Gasteiger partial charge on any atom is 0.303 e. The van der Waals surface area contributed by atoms with Crippen LogP contribution in [0.1, 0.15) is 26.3 Å². The van der Waals surface area contributed by atoms with Gasteiger partial charge in [0, 0.05) is 6.92 Å². The molecule has 0 fully saturated rings. The average Bonchev–Trinajstić information content (AvgIpc) is 2.35. The molecule has 0 aromatic heterocycles. The minimum absolute atomic E-state index is 0.0896. The summed E-state index contributed by atoms with van der Waals surface area (Å²) in [4.78, 5) is 23.2. The zero-order valence-corrected chi connectivity index (χ0v) is 13.4. The van der Waals surface area contributed by atoms with Crippen molar-refractivity contribution in [3.8, 4) is 0 Å². The minimum atomic E-state index is -3.73. The van der Waals surface area contributed by atoms with Gasteiger partial charge in [-0.2, -0.15) is 0 Å². The molecule has 0 aliphatic carbocycles. The van der Waals surface area contributed by atoms with Gasteiger partial charge >= 0.3 is 5.97 Å². The van der Waals surface area contributed by atoms with E-state index in [1.807, 2.05) is 6.92 Å². The molecule has 1 rings (SSSR count). The summed E-state index contributed by atoms with van der Waals surface area (Å²) in [6.07, 6.45) is -1.04. The number of hydrogen-bond acceptors (Lipinski definition) is 5. The van der Waals surface area contributed by atoms with Gasteiger partial charge in [-0.3, -0.25) is 9.59 Å². The van der Waals surface area contributed by atoms with Crippen LogP contribution in [0.5, 0.6) is 0 Å². The molecule has 1 atom stereocenters. The van der Waals surface area contributed by atoms with E-state index >= 15 is 0 Å². The molecule has 116 valence electrons. The Balaban J connectivity index is 2.94. The predicted octanol–water partition coefficient (Wildman–Crippen LogP) is 1.93. The SMILES string of the molecule is CC(=O)O[C@H](C(=O)CS(=O)(=O)c1ccc(C)cc1)C(C)C. The van der Waals surface area contributed by atoms with Crippen molar-refractivity contribution in [1.82, 2.24) is 0 Å². The number of carbonyl (C=O) groups excluding carboxylic acids is 2. The van der Waals surface area contributed by atoms with Gasteiger partial charge < -0.3 is 4.74 Å². The van der Waals surface area contributed by atoms with Crippen LogP contribution in [0.4, 0.5) is 0 Å². The number of carbonyl (C=O) groups is 2. The molecule has 0 bridgehead atoms. The second-order valence-electron chi connectivity index (χ2n) is 5.31. The van der Waals surface area contributed by atoms with E-state index in [4.69, 9.17) is 4.74 Å². The summed E-state index contributed by atoms with van der Waals surface area (Å²) < 4.78 is 29.3. The third-order valence-corrected chi connectivity index (χ3v) is 4.58. The fraction of sp³-hybridized carbons (Fsp3) is 0.467. The molecule has 6 heteroatoms. The fourth-order valence-corrected chi connectivity index (χ4v) is 3.11. The van der Waals surface area contributed by atoms with Crippen LogP contribution in [0.2, 0.25) is 0 Å². The van der Waals surface area contributed by atoms with Crippen LogP contribution < -0.4 is 0 Å². The molecule has 0 aliphatic heterocycles. The molecule has 1 aromatic carbocycles. The van der Waals surface area contributed by atoms with Crippen molar-refractivity contribution in [1.29, 1.82) is 0 Å². The van der Waals surface area contributed by atoms with E-state index < -0.39 is 33.4 Å². The van der Waals surface area contributed by atoms with Gasteiger partial charge in [-0.15, -0.1) is 0 Å².